The lowest BCUT2D eigenvalue weighted by molar-refractivity contribution is -0.143. The first-order chi connectivity index (χ1) is 15.5. The van der Waals surface area contributed by atoms with E-state index in [1.807, 2.05) is 57.2 Å². The molecule has 2 aromatic rings. The van der Waals surface area contributed by atoms with Gasteiger partial charge in [-0.25, -0.2) is 0 Å². The van der Waals surface area contributed by atoms with Crippen LogP contribution in [0.2, 0.25) is 5.02 Å². The fourth-order valence-electron chi connectivity index (χ4n) is 3.41. The van der Waals surface area contributed by atoms with E-state index in [2.05, 4.69) is 26.1 Å². The molecule has 0 aliphatic carbocycles. The molecule has 2 rings (SSSR count). The van der Waals surface area contributed by atoms with E-state index in [0.29, 0.717) is 36.2 Å². The summed E-state index contributed by atoms with van der Waals surface area (Å²) in [6.45, 7) is 13.2. The average molecular weight is 473 g/mol. The van der Waals surface area contributed by atoms with Crippen LogP contribution in [0.25, 0.3) is 0 Å². The smallest absolute Gasteiger partial charge is 0.261 e. The zero-order chi connectivity index (χ0) is 24.6. The molecule has 0 bridgehead atoms. The predicted octanol–water partition coefficient (Wildman–Crippen LogP) is 5.60. The van der Waals surface area contributed by atoms with Gasteiger partial charge in [-0.3, -0.25) is 9.59 Å². The molecule has 0 saturated carbocycles. The average Bonchev–Trinajstić information content (AvgIpc) is 2.76. The lowest BCUT2D eigenvalue weighted by Gasteiger charge is -2.31. The van der Waals surface area contributed by atoms with Crippen molar-refractivity contribution in [2.45, 2.75) is 66.0 Å². The van der Waals surface area contributed by atoms with Crippen LogP contribution in [0, 0.1) is 5.92 Å². The Bertz CT molecular complexity index is 902. The summed E-state index contributed by atoms with van der Waals surface area (Å²) in [6.07, 6.45) is 0.504. The molecule has 0 fully saturated rings. The molecule has 1 N–H and O–H groups in total. The number of carbonyl (C=O) groups excluding carboxylic acids is 2. The number of benzene rings is 2. The topological polar surface area (TPSA) is 58.6 Å². The molecular weight excluding hydrogens is 436 g/mol. The summed E-state index contributed by atoms with van der Waals surface area (Å²) in [4.78, 5) is 27.8. The van der Waals surface area contributed by atoms with Gasteiger partial charge in [0.2, 0.25) is 5.91 Å². The molecule has 1 atom stereocenters. The van der Waals surface area contributed by atoms with Crippen molar-refractivity contribution < 1.29 is 14.3 Å². The Labute approximate surface area is 203 Å². The van der Waals surface area contributed by atoms with Gasteiger partial charge in [0.05, 0.1) is 0 Å². The highest BCUT2D eigenvalue weighted by Crippen LogP contribution is 2.24. The van der Waals surface area contributed by atoms with Crippen LogP contribution in [0.4, 0.5) is 0 Å². The van der Waals surface area contributed by atoms with Crippen LogP contribution in [0.3, 0.4) is 0 Å². The number of halogens is 1. The van der Waals surface area contributed by atoms with Crippen molar-refractivity contribution in [2.75, 3.05) is 13.2 Å². The first-order valence-corrected chi connectivity index (χ1v) is 11.9. The van der Waals surface area contributed by atoms with Gasteiger partial charge in [-0.2, -0.15) is 0 Å². The van der Waals surface area contributed by atoms with Gasteiger partial charge in [-0.15, -0.1) is 0 Å². The Kier molecular flexibility index (Phi) is 9.78. The van der Waals surface area contributed by atoms with Crippen LogP contribution < -0.4 is 10.1 Å². The normalized spacial score (nSPS) is 12.4. The van der Waals surface area contributed by atoms with Crippen LogP contribution in [0.1, 0.15) is 59.1 Å². The molecule has 0 heterocycles. The number of amides is 2. The SMILES string of the molecule is CC[C@H](C(=O)NCC(C)C)N(Cc1ccc(Cl)cc1)C(=O)COc1ccc(C(C)(C)C)cc1. The summed E-state index contributed by atoms with van der Waals surface area (Å²) in [5.41, 5.74) is 2.14. The molecule has 0 saturated heterocycles. The first-order valence-electron chi connectivity index (χ1n) is 11.6. The van der Waals surface area contributed by atoms with E-state index in [9.17, 15) is 9.59 Å². The van der Waals surface area contributed by atoms with E-state index in [1.165, 1.54) is 5.56 Å². The second-order valence-corrected chi connectivity index (χ2v) is 10.2. The zero-order valence-electron chi connectivity index (χ0n) is 20.7. The van der Waals surface area contributed by atoms with Crippen LogP contribution >= 0.6 is 11.6 Å². The molecule has 0 aliphatic rings. The molecule has 33 heavy (non-hydrogen) atoms. The van der Waals surface area contributed by atoms with Crippen molar-refractivity contribution in [2.24, 2.45) is 5.92 Å². The largest absolute Gasteiger partial charge is 0.484 e. The molecular formula is C27H37ClN2O3. The highest BCUT2D eigenvalue weighted by atomic mass is 35.5. The van der Waals surface area contributed by atoms with Crippen molar-refractivity contribution in [3.05, 3.63) is 64.7 Å². The second-order valence-electron chi connectivity index (χ2n) is 9.77. The standard InChI is InChI=1S/C27H37ClN2O3/c1-7-24(26(32)29-16-19(2)3)30(17-20-8-12-22(28)13-9-20)25(31)18-33-23-14-10-21(11-15-23)27(4,5)6/h8-15,19,24H,7,16-18H2,1-6H3,(H,29,32)/t24-/m1/s1. The van der Waals surface area contributed by atoms with Crippen LogP contribution in [0.5, 0.6) is 5.75 Å². The predicted molar refractivity (Wildman–Crippen MR) is 135 cm³/mol. The van der Waals surface area contributed by atoms with Crippen molar-refractivity contribution in [1.29, 1.82) is 0 Å². The van der Waals surface area contributed by atoms with Crippen molar-refractivity contribution in [3.8, 4) is 5.75 Å². The minimum Gasteiger partial charge on any atom is -0.484 e. The van der Waals surface area contributed by atoms with E-state index < -0.39 is 6.04 Å². The molecule has 5 nitrogen and oxygen atoms in total. The number of hydrogen-bond donors (Lipinski definition) is 1. The zero-order valence-corrected chi connectivity index (χ0v) is 21.4. The lowest BCUT2D eigenvalue weighted by atomic mass is 9.87. The summed E-state index contributed by atoms with van der Waals surface area (Å²) < 4.78 is 5.80. The third-order valence-corrected chi connectivity index (χ3v) is 5.67. The van der Waals surface area contributed by atoms with Gasteiger partial charge < -0.3 is 15.0 Å². The van der Waals surface area contributed by atoms with Gasteiger partial charge >= 0.3 is 0 Å². The van der Waals surface area contributed by atoms with Crippen LogP contribution in [-0.2, 0) is 21.5 Å². The number of nitrogens with zero attached hydrogens (tertiary/aromatic N) is 1. The maximum atomic E-state index is 13.3. The van der Waals surface area contributed by atoms with Crippen molar-refractivity contribution >= 4 is 23.4 Å². The van der Waals surface area contributed by atoms with Crippen LogP contribution in [-0.4, -0.2) is 35.9 Å². The first kappa shape index (κ1) is 26.7. The Morgan fingerprint density at radius 3 is 2.15 bits per heavy atom. The molecule has 0 aliphatic heterocycles. The number of carbonyl (C=O) groups is 2. The molecule has 0 spiro atoms. The summed E-state index contributed by atoms with van der Waals surface area (Å²) in [5.74, 6) is 0.561. The van der Waals surface area contributed by atoms with E-state index >= 15 is 0 Å². The van der Waals surface area contributed by atoms with E-state index in [-0.39, 0.29) is 23.8 Å². The summed E-state index contributed by atoms with van der Waals surface area (Å²) >= 11 is 6.01. The molecule has 0 unspecified atom stereocenters. The van der Waals surface area contributed by atoms with Crippen LogP contribution in [0.15, 0.2) is 48.5 Å². The Morgan fingerprint density at radius 1 is 1.03 bits per heavy atom. The van der Waals surface area contributed by atoms with Gasteiger partial charge in [0, 0.05) is 18.1 Å². The van der Waals surface area contributed by atoms with Gasteiger partial charge in [0.1, 0.15) is 11.8 Å². The Morgan fingerprint density at radius 2 is 1.64 bits per heavy atom. The van der Waals surface area contributed by atoms with E-state index in [0.717, 1.165) is 5.56 Å². The quantitative estimate of drug-likeness (QED) is 0.490. The molecule has 2 amide bonds. The third-order valence-electron chi connectivity index (χ3n) is 5.42. The highest BCUT2D eigenvalue weighted by molar-refractivity contribution is 6.30. The van der Waals surface area contributed by atoms with Gasteiger partial charge in [-0.1, -0.05) is 77.4 Å². The molecule has 6 heteroatoms. The summed E-state index contributed by atoms with van der Waals surface area (Å²) in [6, 6.07) is 14.5. The van der Waals surface area contributed by atoms with Crippen molar-refractivity contribution in [3.63, 3.8) is 0 Å². The molecule has 2 aromatic carbocycles. The van der Waals surface area contributed by atoms with Crippen molar-refractivity contribution in [1.82, 2.24) is 10.2 Å². The van der Waals surface area contributed by atoms with Gasteiger partial charge in [-0.05, 0) is 53.1 Å². The number of ether oxygens (including phenoxy) is 1. The summed E-state index contributed by atoms with van der Waals surface area (Å²) in [7, 11) is 0. The molecule has 0 radical (unpaired) electrons. The second kappa shape index (κ2) is 12.1. The highest BCUT2D eigenvalue weighted by Gasteiger charge is 2.29. The monoisotopic (exact) mass is 472 g/mol. The third kappa shape index (κ3) is 8.39. The minimum absolute atomic E-state index is 0.0431. The number of hydrogen-bond acceptors (Lipinski definition) is 3. The number of nitrogens with one attached hydrogen (secondary N) is 1. The van der Waals surface area contributed by atoms with E-state index in [4.69, 9.17) is 16.3 Å². The minimum atomic E-state index is -0.584. The number of rotatable bonds is 10. The Hall–Kier alpha value is -2.53. The summed E-state index contributed by atoms with van der Waals surface area (Å²) in [5, 5.41) is 3.59. The Balaban J connectivity index is 2.17. The lowest BCUT2D eigenvalue weighted by Crippen LogP contribution is -2.50. The molecule has 180 valence electrons. The fourth-order valence-corrected chi connectivity index (χ4v) is 3.53. The maximum Gasteiger partial charge on any atom is 0.261 e. The van der Waals surface area contributed by atoms with E-state index in [1.54, 1.807) is 17.0 Å². The maximum absolute atomic E-state index is 13.3. The van der Waals surface area contributed by atoms with Gasteiger partial charge in [0.25, 0.3) is 5.91 Å². The van der Waals surface area contributed by atoms with Gasteiger partial charge in [0.15, 0.2) is 6.61 Å². The molecule has 0 aromatic heterocycles. The fraction of sp³-hybridized carbons (Fsp3) is 0.481.